The first kappa shape index (κ1) is 13.4. The zero-order valence-electron chi connectivity index (χ0n) is 8.93. The molecule has 0 amide bonds. The van der Waals surface area contributed by atoms with Crippen LogP contribution in [0.2, 0.25) is 5.02 Å². The molecule has 0 saturated carbocycles. The van der Waals surface area contributed by atoms with Crippen LogP contribution >= 0.6 is 27.5 Å². The number of benzene rings is 2. The first-order chi connectivity index (χ1) is 8.38. The number of hydrogen-bond acceptors (Lipinski definition) is 0. The summed E-state index contributed by atoms with van der Waals surface area (Å²) in [6, 6.07) is 10.8. The van der Waals surface area contributed by atoms with E-state index in [1.54, 1.807) is 30.3 Å². The van der Waals surface area contributed by atoms with Gasteiger partial charge in [-0.3, -0.25) is 0 Å². The summed E-state index contributed by atoms with van der Waals surface area (Å²) in [6.45, 7) is 0. The largest absolute Gasteiger partial charge is 0.417 e. The van der Waals surface area contributed by atoms with Crippen LogP contribution in [-0.2, 0) is 6.18 Å². The lowest BCUT2D eigenvalue weighted by molar-refractivity contribution is -0.138. The molecule has 2 aromatic carbocycles. The van der Waals surface area contributed by atoms with E-state index in [2.05, 4.69) is 15.9 Å². The Hall–Kier alpha value is -1.000. The molecular formula is C13H7BrClF3. The van der Waals surface area contributed by atoms with E-state index in [1.807, 2.05) is 0 Å². The molecule has 0 unspecified atom stereocenters. The SMILES string of the molecule is FC(F)(F)c1cc(-c2cccc(Cl)c2)ccc1Br. The van der Waals surface area contributed by atoms with Gasteiger partial charge in [-0.05, 0) is 35.4 Å². The standard InChI is InChI=1S/C13H7BrClF3/c14-12-5-4-9(7-11(12)13(16,17)18)8-2-1-3-10(15)6-8/h1-7H. The molecule has 0 aromatic heterocycles. The fraction of sp³-hybridized carbons (Fsp3) is 0.0769. The molecule has 5 heteroatoms. The highest BCUT2D eigenvalue weighted by Crippen LogP contribution is 2.37. The van der Waals surface area contributed by atoms with Crippen molar-refractivity contribution in [1.29, 1.82) is 0 Å². The second-order valence-electron chi connectivity index (χ2n) is 3.70. The maximum Gasteiger partial charge on any atom is 0.417 e. The summed E-state index contributed by atoms with van der Waals surface area (Å²) in [7, 11) is 0. The highest BCUT2D eigenvalue weighted by molar-refractivity contribution is 9.10. The van der Waals surface area contributed by atoms with Gasteiger partial charge in [0, 0.05) is 9.50 Å². The second-order valence-corrected chi connectivity index (χ2v) is 4.99. The van der Waals surface area contributed by atoms with Crippen molar-refractivity contribution < 1.29 is 13.2 Å². The molecule has 18 heavy (non-hydrogen) atoms. The van der Waals surface area contributed by atoms with Crippen molar-refractivity contribution in [3.63, 3.8) is 0 Å². The lowest BCUT2D eigenvalue weighted by Crippen LogP contribution is -2.06. The predicted octanol–water partition coefficient (Wildman–Crippen LogP) is 5.79. The summed E-state index contributed by atoms with van der Waals surface area (Å²) >= 11 is 8.73. The van der Waals surface area contributed by atoms with E-state index >= 15 is 0 Å². The molecule has 2 rings (SSSR count). The van der Waals surface area contributed by atoms with Gasteiger partial charge in [-0.2, -0.15) is 13.2 Å². The van der Waals surface area contributed by atoms with Gasteiger partial charge in [0.15, 0.2) is 0 Å². The van der Waals surface area contributed by atoms with Crippen LogP contribution < -0.4 is 0 Å². The zero-order valence-corrected chi connectivity index (χ0v) is 11.3. The monoisotopic (exact) mass is 334 g/mol. The molecule has 0 spiro atoms. The van der Waals surface area contributed by atoms with E-state index in [0.29, 0.717) is 16.1 Å². The smallest absolute Gasteiger partial charge is 0.166 e. The Kier molecular flexibility index (Phi) is 3.69. The van der Waals surface area contributed by atoms with Gasteiger partial charge in [-0.25, -0.2) is 0 Å². The minimum Gasteiger partial charge on any atom is -0.166 e. The number of hydrogen-bond donors (Lipinski definition) is 0. The van der Waals surface area contributed by atoms with Crippen LogP contribution in [0.25, 0.3) is 11.1 Å². The molecule has 0 aliphatic rings. The van der Waals surface area contributed by atoms with Crippen LogP contribution in [0.1, 0.15) is 5.56 Å². The molecule has 0 aliphatic heterocycles. The average molecular weight is 336 g/mol. The van der Waals surface area contributed by atoms with Crippen molar-refractivity contribution in [3.05, 3.63) is 57.5 Å². The average Bonchev–Trinajstić information content (AvgIpc) is 2.28. The van der Waals surface area contributed by atoms with E-state index in [4.69, 9.17) is 11.6 Å². The van der Waals surface area contributed by atoms with E-state index in [9.17, 15) is 13.2 Å². The predicted molar refractivity (Wildman–Crippen MR) is 69.6 cm³/mol. The minimum atomic E-state index is -4.38. The Morgan fingerprint density at radius 1 is 0.944 bits per heavy atom. The Morgan fingerprint density at radius 3 is 2.22 bits per heavy atom. The van der Waals surface area contributed by atoms with Gasteiger partial charge >= 0.3 is 6.18 Å². The Bertz CT molecular complexity index is 579. The van der Waals surface area contributed by atoms with Crippen LogP contribution in [0.3, 0.4) is 0 Å². The lowest BCUT2D eigenvalue weighted by atomic mass is 10.0. The van der Waals surface area contributed by atoms with Gasteiger partial charge in [0.25, 0.3) is 0 Å². The lowest BCUT2D eigenvalue weighted by Gasteiger charge is -2.11. The number of halogens is 5. The fourth-order valence-electron chi connectivity index (χ4n) is 1.59. The first-order valence-corrected chi connectivity index (χ1v) is 6.18. The molecule has 0 heterocycles. The molecular weight excluding hydrogens is 328 g/mol. The Morgan fingerprint density at radius 2 is 1.61 bits per heavy atom. The maximum absolute atomic E-state index is 12.8. The van der Waals surface area contributed by atoms with Crippen molar-refractivity contribution >= 4 is 27.5 Å². The summed E-state index contributed by atoms with van der Waals surface area (Å²) in [5.74, 6) is 0. The molecule has 2 aromatic rings. The molecule has 0 atom stereocenters. The molecule has 0 saturated heterocycles. The molecule has 0 aliphatic carbocycles. The van der Waals surface area contributed by atoms with Crippen LogP contribution in [0.15, 0.2) is 46.9 Å². The molecule has 94 valence electrons. The van der Waals surface area contributed by atoms with Crippen LogP contribution in [-0.4, -0.2) is 0 Å². The first-order valence-electron chi connectivity index (χ1n) is 5.00. The van der Waals surface area contributed by atoms with Gasteiger partial charge in [-0.1, -0.05) is 45.7 Å². The maximum atomic E-state index is 12.8. The molecule has 0 nitrogen and oxygen atoms in total. The zero-order chi connectivity index (χ0) is 13.3. The van der Waals surface area contributed by atoms with Gasteiger partial charge < -0.3 is 0 Å². The van der Waals surface area contributed by atoms with Crippen molar-refractivity contribution in [2.45, 2.75) is 6.18 Å². The van der Waals surface area contributed by atoms with Gasteiger partial charge in [-0.15, -0.1) is 0 Å². The third-order valence-corrected chi connectivity index (χ3v) is 3.36. The molecule has 0 bridgehead atoms. The quantitative estimate of drug-likeness (QED) is 0.619. The van der Waals surface area contributed by atoms with Crippen LogP contribution in [0, 0.1) is 0 Å². The topological polar surface area (TPSA) is 0 Å². The van der Waals surface area contributed by atoms with Gasteiger partial charge in [0.05, 0.1) is 5.56 Å². The fourth-order valence-corrected chi connectivity index (χ4v) is 2.25. The van der Waals surface area contributed by atoms with Crippen LogP contribution in [0.5, 0.6) is 0 Å². The molecule has 0 N–H and O–H groups in total. The summed E-state index contributed by atoms with van der Waals surface area (Å²) in [6.07, 6.45) is -4.38. The van der Waals surface area contributed by atoms with Crippen molar-refractivity contribution in [2.75, 3.05) is 0 Å². The van der Waals surface area contributed by atoms with Crippen molar-refractivity contribution in [3.8, 4) is 11.1 Å². The summed E-state index contributed by atoms with van der Waals surface area (Å²) in [5, 5.41) is 0.490. The third kappa shape index (κ3) is 2.87. The Labute approximate surface area is 116 Å². The number of rotatable bonds is 1. The van der Waals surface area contributed by atoms with Crippen molar-refractivity contribution in [1.82, 2.24) is 0 Å². The van der Waals surface area contributed by atoms with E-state index in [1.165, 1.54) is 6.07 Å². The van der Waals surface area contributed by atoms with E-state index in [-0.39, 0.29) is 4.47 Å². The highest BCUT2D eigenvalue weighted by Gasteiger charge is 2.33. The summed E-state index contributed by atoms with van der Waals surface area (Å²) < 4.78 is 38.3. The summed E-state index contributed by atoms with van der Waals surface area (Å²) in [4.78, 5) is 0. The second kappa shape index (κ2) is 4.94. The number of alkyl halides is 3. The van der Waals surface area contributed by atoms with Gasteiger partial charge in [0.1, 0.15) is 0 Å². The third-order valence-electron chi connectivity index (χ3n) is 2.43. The van der Waals surface area contributed by atoms with E-state index in [0.717, 1.165) is 6.07 Å². The van der Waals surface area contributed by atoms with Crippen LogP contribution in [0.4, 0.5) is 13.2 Å². The minimum absolute atomic E-state index is 0.0285. The Balaban J connectivity index is 2.54. The van der Waals surface area contributed by atoms with E-state index < -0.39 is 11.7 Å². The van der Waals surface area contributed by atoms with Gasteiger partial charge in [0.2, 0.25) is 0 Å². The highest BCUT2D eigenvalue weighted by atomic mass is 79.9. The normalized spacial score (nSPS) is 11.6. The van der Waals surface area contributed by atoms with Crippen molar-refractivity contribution in [2.24, 2.45) is 0 Å². The molecule has 0 radical (unpaired) electrons. The molecule has 0 fully saturated rings. The summed E-state index contributed by atoms with van der Waals surface area (Å²) in [5.41, 5.74) is 0.438.